The summed E-state index contributed by atoms with van der Waals surface area (Å²) in [5.74, 6) is -0.328. The van der Waals surface area contributed by atoms with E-state index in [2.05, 4.69) is 10.1 Å². The van der Waals surface area contributed by atoms with Gasteiger partial charge in [0.15, 0.2) is 9.84 Å². The van der Waals surface area contributed by atoms with Gasteiger partial charge in [0.2, 0.25) is 5.91 Å². The number of hydrogen-bond donors (Lipinski definition) is 1. The monoisotopic (exact) mass is 263 g/mol. The number of esters is 1. The summed E-state index contributed by atoms with van der Waals surface area (Å²) in [7, 11) is -1.63. The summed E-state index contributed by atoms with van der Waals surface area (Å²) in [6.07, 6.45) is 0.719. The van der Waals surface area contributed by atoms with Gasteiger partial charge in [-0.3, -0.25) is 9.59 Å². The first-order valence-corrected chi connectivity index (χ1v) is 7.29. The largest absolute Gasteiger partial charge is 0.469 e. The highest BCUT2D eigenvalue weighted by Crippen LogP contribution is 2.17. The quantitative estimate of drug-likeness (QED) is 0.675. The van der Waals surface area contributed by atoms with Crippen molar-refractivity contribution < 1.29 is 22.7 Å². The molecule has 1 atom stereocenters. The SMILES string of the molecule is COC(=O)CCC(=O)NCC1CCS(=O)(=O)C1. The number of carbonyl (C=O) groups excluding carboxylic acids is 2. The van der Waals surface area contributed by atoms with Crippen molar-refractivity contribution in [3.63, 3.8) is 0 Å². The molecule has 17 heavy (non-hydrogen) atoms. The third kappa shape index (κ3) is 5.16. The van der Waals surface area contributed by atoms with Gasteiger partial charge in [-0.1, -0.05) is 0 Å². The van der Waals surface area contributed by atoms with Crippen LogP contribution in [0.25, 0.3) is 0 Å². The molecule has 1 aliphatic heterocycles. The van der Waals surface area contributed by atoms with E-state index in [4.69, 9.17) is 0 Å². The number of carbonyl (C=O) groups is 2. The van der Waals surface area contributed by atoms with Crippen molar-refractivity contribution in [2.75, 3.05) is 25.2 Å². The Morgan fingerprint density at radius 1 is 1.35 bits per heavy atom. The average Bonchev–Trinajstić information content (AvgIpc) is 2.63. The first-order valence-electron chi connectivity index (χ1n) is 5.47. The molecule has 98 valence electrons. The van der Waals surface area contributed by atoms with Gasteiger partial charge in [0.05, 0.1) is 25.0 Å². The maximum Gasteiger partial charge on any atom is 0.306 e. The minimum Gasteiger partial charge on any atom is -0.469 e. The molecule has 0 bridgehead atoms. The van der Waals surface area contributed by atoms with Crippen molar-refractivity contribution in [2.24, 2.45) is 5.92 Å². The molecule has 1 amide bonds. The molecule has 6 nitrogen and oxygen atoms in total. The Kier molecular flexibility index (Phi) is 4.92. The van der Waals surface area contributed by atoms with E-state index >= 15 is 0 Å². The second-order valence-electron chi connectivity index (χ2n) is 4.15. The molecule has 1 heterocycles. The third-order valence-electron chi connectivity index (χ3n) is 2.70. The van der Waals surface area contributed by atoms with Crippen LogP contribution in [0.5, 0.6) is 0 Å². The summed E-state index contributed by atoms with van der Waals surface area (Å²) in [5.41, 5.74) is 0. The summed E-state index contributed by atoms with van der Waals surface area (Å²) >= 11 is 0. The Hall–Kier alpha value is -1.11. The molecule has 0 aromatic carbocycles. The smallest absolute Gasteiger partial charge is 0.306 e. The number of ether oxygens (including phenoxy) is 1. The Morgan fingerprint density at radius 3 is 2.59 bits per heavy atom. The zero-order valence-corrected chi connectivity index (χ0v) is 10.6. The van der Waals surface area contributed by atoms with Crippen LogP contribution in [-0.4, -0.2) is 45.5 Å². The van der Waals surface area contributed by atoms with Gasteiger partial charge in [-0.2, -0.15) is 0 Å². The van der Waals surface area contributed by atoms with Gasteiger partial charge in [0.1, 0.15) is 0 Å². The molecule has 1 N–H and O–H groups in total. The van der Waals surface area contributed by atoms with Crippen molar-refractivity contribution in [1.29, 1.82) is 0 Å². The van der Waals surface area contributed by atoms with Crippen LogP contribution in [0.1, 0.15) is 19.3 Å². The van der Waals surface area contributed by atoms with Crippen molar-refractivity contribution in [1.82, 2.24) is 5.32 Å². The molecule has 1 aliphatic rings. The lowest BCUT2D eigenvalue weighted by Crippen LogP contribution is -2.30. The zero-order valence-electron chi connectivity index (χ0n) is 9.77. The maximum absolute atomic E-state index is 11.3. The summed E-state index contributed by atoms with van der Waals surface area (Å²) < 4.78 is 26.7. The highest BCUT2D eigenvalue weighted by molar-refractivity contribution is 7.91. The predicted octanol–water partition coefficient (Wildman–Crippen LogP) is -0.509. The molecule has 0 aromatic rings. The second-order valence-corrected chi connectivity index (χ2v) is 6.38. The molecule has 1 saturated heterocycles. The molecule has 0 spiro atoms. The fourth-order valence-electron chi connectivity index (χ4n) is 1.70. The Labute approximate surface area is 101 Å². The third-order valence-corrected chi connectivity index (χ3v) is 4.54. The Balaban J connectivity index is 2.19. The van der Waals surface area contributed by atoms with Crippen LogP contribution in [0.3, 0.4) is 0 Å². The van der Waals surface area contributed by atoms with Crippen LogP contribution < -0.4 is 5.32 Å². The first kappa shape index (κ1) is 14.0. The van der Waals surface area contributed by atoms with Gasteiger partial charge < -0.3 is 10.1 Å². The predicted molar refractivity (Wildman–Crippen MR) is 61.0 cm³/mol. The summed E-state index contributed by atoms with van der Waals surface area (Å²) in [6.45, 7) is 0.360. The number of rotatable bonds is 5. The van der Waals surface area contributed by atoms with Gasteiger partial charge in [0, 0.05) is 13.0 Å². The van der Waals surface area contributed by atoms with Crippen LogP contribution in [0.4, 0.5) is 0 Å². The van der Waals surface area contributed by atoms with Gasteiger partial charge in [-0.15, -0.1) is 0 Å². The van der Waals surface area contributed by atoms with Gasteiger partial charge in [0.25, 0.3) is 0 Å². The summed E-state index contributed by atoms with van der Waals surface area (Å²) in [5, 5.41) is 2.63. The minimum absolute atomic E-state index is 0.00192. The van der Waals surface area contributed by atoms with Crippen LogP contribution in [0.15, 0.2) is 0 Å². The molecule has 0 saturated carbocycles. The second kappa shape index (κ2) is 6.00. The highest BCUT2D eigenvalue weighted by atomic mass is 32.2. The first-order chi connectivity index (χ1) is 7.93. The number of hydrogen-bond acceptors (Lipinski definition) is 5. The number of sulfone groups is 1. The molecule has 1 fully saturated rings. The van der Waals surface area contributed by atoms with Crippen molar-refractivity contribution in [3.8, 4) is 0 Å². The zero-order chi connectivity index (χ0) is 12.9. The van der Waals surface area contributed by atoms with Gasteiger partial charge in [-0.25, -0.2) is 8.42 Å². The minimum atomic E-state index is -2.90. The van der Waals surface area contributed by atoms with E-state index in [0.29, 0.717) is 13.0 Å². The van der Waals surface area contributed by atoms with E-state index in [0.717, 1.165) is 0 Å². The van der Waals surface area contributed by atoms with E-state index in [1.807, 2.05) is 0 Å². The topological polar surface area (TPSA) is 89.5 Å². The highest BCUT2D eigenvalue weighted by Gasteiger charge is 2.27. The fraction of sp³-hybridized carbons (Fsp3) is 0.800. The molecule has 1 unspecified atom stereocenters. The average molecular weight is 263 g/mol. The number of methoxy groups -OCH3 is 1. The van der Waals surface area contributed by atoms with Gasteiger partial charge >= 0.3 is 5.97 Å². The van der Waals surface area contributed by atoms with E-state index in [-0.39, 0.29) is 36.2 Å². The van der Waals surface area contributed by atoms with Crippen LogP contribution in [-0.2, 0) is 24.2 Å². The summed E-state index contributed by atoms with van der Waals surface area (Å²) in [6, 6.07) is 0. The lowest BCUT2D eigenvalue weighted by molar-refractivity contribution is -0.142. The molecule has 0 aliphatic carbocycles. The van der Waals surface area contributed by atoms with E-state index in [1.165, 1.54) is 7.11 Å². The standard InChI is InChI=1S/C10H17NO5S/c1-16-10(13)3-2-9(12)11-6-8-4-5-17(14,15)7-8/h8H,2-7H2,1H3,(H,11,12). The molecule has 1 rings (SSSR count). The van der Waals surface area contributed by atoms with E-state index in [1.54, 1.807) is 0 Å². The number of nitrogens with one attached hydrogen (secondary N) is 1. The lowest BCUT2D eigenvalue weighted by atomic mass is 10.1. The van der Waals surface area contributed by atoms with E-state index in [9.17, 15) is 18.0 Å². The molecule has 7 heteroatoms. The molecule has 0 radical (unpaired) electrons. The van der Waals surface area contributed by atoms with Crippen LogP contribution >= 0.6 is 0 Å². The van der Waals surface area contributed by atoms with Crippen molar-refractivity contribution in [2.45, 2.75) is 19.3 Å². The van der Waals surface area contributed by atoms with Crippen LogP contribution in [0.2, 0.25) is 0 Å². The fourth-order valence-corrected chi connectivity index (χ4v) is 3.56. The summed E-state index contributed by atoms with van der Waals surface area (Å²) in [4.78, 5) is 22.1. The lowest BCUT2D eigenvalue weighted by Gasteiger charge is -2.09. The Bertz CT molecular complexity index is 390. The van der Waals surface area contributed by atoms with Gasteiger partial charge in [-0.05, 0) is 12.3 Å². The molecular formula is C10H17NO5S. The van der Waals surface area contributed by atoms with E-state index < -0.39 is 15.8 Å². The normalized spacial score (nSPS) is 22.1. The molecule has 0 aromatic heterocycles. The van der Waals surface area contributed by atoms with Crippen molar-refractivity contribution >= 4 is 21.7 Å². The van der Waals surface area contributed by atoms with Crippen molar-refractivity contribution in [3.05, 3.63) is 0 Å². The molecular weight excluding hydrogens is 246 g/mol. The Morgan fingerprint density at radius 2 is 2.06 bits per heavy atom. The maximum atomic E-state index is 11.3. The number of amides is 1. The van der Waals surface area contributed by atoms with Crippen LogP contribution in [0, 0.1) is 5.92 Å².